The maximum Gasteiger partial charge on any atom is 0.307 e. The van der Waals surface area contributed by atoms with Crippen LogP contribution in [0.2, 0.25) is 0 Å². The first-order chi connectivity index (χ1) is 5.95. The summed E-state index contributed by atoms with van der Waals surface area (Å²) < 4.78 is 1.66. The molecule has 1 rings (SSSR count). The van der Waals surface area contributed by atoms with E-state index in [1.54, 1.807) is 11.5 Å². The van der Waals surface area contributed by atoms with Crippen molar-refractivity contribution in [2.45, 2.75) is 39.8 Å². The number of aliphatic hydroxyl groups excluding tert-OH is 1. The van der Waals surface area contributed by atoms with Crippen molar-refractivity contribution in [1.29, 1.82) is 0 Å². The van der Waals surface area contributed by atoms with Crippen molar-refractivity contribution in [2.24, 2.45) is 0 Å². The number of aliphatic hydroxyl groups is 1. The van der Waals surface area contributed by atoms with Crippen LogP contribution in [0.15, 0.2) is 4.79 Å². The van der Waals surface area contributed by atoms with Crippen LogP contribution in [0.3, 0.4) is 0 Å². The number of thiazole rings is 1. The molecule has 0 aliphatic heterocycles. The number of nitrogens with zero attached hydrogens (tertiary/aromatic N) is 1. The monoisotopic (exact) mass is 201 g/mol. The molecule has 0 saturated heterocycles. The van der Waals surface area contributed by atoms with Gasteiger partial charge in [-0.3, -0.25) is 9.36 Å². The van der Waals surface area contributed by atoms with Gasteiger partial charge in [0.15, 0.2) is 0 Å². The zero-order chi connectivity index (χ0) is 10.2. The lowest BCUT2D eigenvalue weighted by Gasteiger charge is -2.17. The second-order valence-electron chi connectivity index (χ2n) is 3.36. The van der Waals surface area contributed by atoms with E-state index in [2.05, 4.69) is 0 Å². The summed E-state index contributed by atoms with van der Waals surface area (Å²) in [4.78, 5) is 12.5. The molecule has 1 heterocycles. The second-order valence-corrected chi connectivity index (χ2v) is 4.53. The summed E-state index contributed by atoms with van der Waals surface area (Å²) in [6.45, 7) is 7.38. The number of rotatable bonds is 2. The summed E-state index contributed by atoms with van der Waals surface area (Å²) in [7, 11) is 0. The molecule has 3 nitrogen and oxygen atoms in total. The molecule has 0 aliphatic carbocycles. The number of hydrogen-bond acceptors (Lipinski definition) is 3. The van der Waals surface area contributed by atoms with E-state index in [0.717, 1.165) is 10.6 Å². The molecule has 0 saturated carbocycles. The van der Waals surface area contributed by atoms with Crippen LogP contribution in [0, 0.1) is 13.8 Å². The highest BCUT2D eigenvalue weighted by molar-refractivity contribution is 7.09. The van der Waals surface area contributed by atoms with Gasteiger partial charge in [0, 0.05) is 10.6 Å². The maximum atomic E-state index is 11.5. The largest absolute Gasteiger partial charge is 0.391 e. The molecule has 4 heteroatoms. The minimum absolute atomic E-state index is 0.0170. The highest BCUT2D eigenvalue weighted by atomic mass is 32.1. The molecule has 13 heavy (non-hydrogen) atoms. The number of aromatic nitrogens is 1. The highest BCUT2D eigenvalue weighted by Crippen LogP contribution is 2.17. The van der Waals surface area contributed by atoms with Gasteiger partial charge in [-0.2, -0.15) is 0 Å². The minimum Gasteiger partial charge on any atom is -0.391 e. The van der Waals surface area contributed by atoms with Crippen LogP contribution in [0.4, 0.5) is 0 Å². The number of aryl methyl sites for hydroxylation is 1. The van der Waals surface area contributed by atoms with Gasteiger partial charge in [-0.05, 0) is 27.7 Å². The van der Waals surface area contributed by atoms with Crippen LogP contribution in [0.25, 0.3) is 0 Å². The van der Waals surface area contributed by atoms with Gasteiger partial charge in [0.05, 0.1) is 12.1 Å². The molecule has 0 aromatic carbocycles. The van der Waals surface area contributed by atoms with E-state index in [1.165, 1.54) is 11.3 Å². The zero-order valence-electron chi connectivity index (χ0n) is 8.37. The first-order valence-electron chi connectivity index (χ1n) is 4.31. The fourth-order valence-electron chi connectivity index (χ4n) is 1.25. The molecule has 0 radical (unpaired) electrons. The molecule has 1 aromatic heterocycles. The summed E-state index contributed by atoms with van der Waals surface area (Å²) in [5, 5.41) is 9.38. The normalized spacial score (nSPS) is 15.8. The Balaban J connectivity index is 3.21. The lowest BCUT2D eigenvalue weighted by molar-refractivity contribution is 0.137. The summed E-state index contributed by atoms with van der Waals surface area (Å²) in [5.41, 5.74) is 0.961. The van der Waals surface area contributed by atoms with Gasteiger partial charge in [0.1, 0.15) is 0 Å². The zero-order valence-corrected chi connectivity index (χ0v) is 9.18. The van der Waals surface area contributed by atoms with Gasteiger partial charge >= 0.3 is 4.87 Å². The van der Waals surface area contributed by atoms with Crippen LogP contribution >= 0.6 is 11.3 Å². The summed E-state index contributed by atoms with van der Waals surface area (Å²) >= 11 is 1.24. The van der Waals surface area contributed by atoms with E-state index in [0.29, 0.717) is 0 Å². The molecule has 0 bridgehead atoms. The molecule has 1 aromatic rings. The predicted molar refractivity (Wildman–Crippen MR) is 54.4 cm³/mol. The summed E-state index contributed by atoms with van der Waals surface area (Å²) in [6.07, 6.45) is -0.495. The van der Waals surface area contributed by atoms with Gasteiger partial charge in [-0.15, -0.1) is 0 Å². The fraction of sp³-hybridized carbons (Fsp3) is 0.667. The lowest BCUT2D eigenvalue weighted by atomic mass is 10.2. The third-order valence-electron chi connectivity index (χ3n) is 2.41. The van der Waals surface area contributed by atoms with Crippen LogP contribution in [0.5, 0.6) is 0 Å². The van der Waals surface area contributed by atoms with Gasteiger partial charge in [0.25, 0.3) is 0 Å². The maximum absolute atomic E-state index is 11.5. The summed E-state index contributed by atoms with van der Waals surface area (Å²) in [6, 6.07) is -0.141. The predicted octanol–water partition coefficient (Wildman–Crippen LogP) is 1.47. The Kier molecular flexibility index (Phi) is 2.93. The average Bonchev–Trinajstić information content (AvgIpc) is 2.26. The Hall–Kier alpha value is -0.610. The van der Waals surface area contributed by atoms with Crippen LogP contribution < -0.4 is 4.87 Å². The van der Waals surface area contributed by atoms with Crippen LogP contribution in [0.1, 0.15) is 30.5 Å². The average molecular weight is 201 g/mol. The van der Waals surface area contributed by atoms with Gasteiger partial charge < -0.3 is 5.11 Å². The molecule has 0 amide bonds. The van der Waals surface area contributed by atoms with E-state index in [9.17, 15) is 9.90 Å². The van der Waals surface area contributed by atoms with Crippen molar-refractivity contribution in [3.63, 3.8) is 0 Å². The second kappa shape index (κ2) is 3.64. The van der Waals surface area contributed by atoms with Gasteiger partial charge in [0.2, 0.25) is 0 Å². The Morgan fingerprint density at radius 2 is 1.92 bits per heavy atom. The minimum atomic E-state index is -0.495. The molecule has 0 aliphatic rings. The van der Waals surface area contributed by atoms with E-state index >= 15 is 0 Å². The van der Waals surface area contributed by atoms with Crippen molar-refractivity contribution < 1.29 is 5.11 Å². The Morgan fingerprint density at radius 3 is 2.23 bits per heavy atom. The van der Waals surface area contributed by atoms with E-state index < -0.39 is 6.10 Å². The van der Waals surface area contributed by atoms with Crippen molar-refractivity contribution in [1.82, 2.24) is 4.57 Å². The smallest absolute Gasteiger partial charge is 0.307 e. The fourth-order valence-corrected chi connectivity index (χ4v) is 2.16. The third-order valence-corrected chi connectivity index (χ3v) is 3.39. The topological polar surface area (TPSA) is 42.2 Å². The summed E-state index contributed by atoms with van der Waals surface area (Å²) in [5.74, 6) is 0. The highest BCUT2D eigenvalue weighted by Gasteiger charge is 2.17. The van der Waals surface area contributed by atoms with E-state index in [1.807, 2.05) is 20.8 Å². The first kappa shape index (κ1) is 10.5. The van der Waals surface area contributed by atoms with Gasteiger partial charge in [-0.1, -0.05) is 11.3 Å². The molecule has 2 unspecified atom stereocenters. The SMILES string of the molecule is Cc1sc(=O)n(C(C)C(C)O)c1C. The van der Waals surface area contributed by atoms with Crippen molar-refractivity contribution in [2.75, 3.05) is 0 Å². The molecule has 74 valence electrons. The molecular weight excluding hydrogens is 186 g/mol. The van der Waals surface area contributed by atoms with Crippen LogP contribution in [-0.2, 0) is 0 Å². The quantitative estimate of drug-likeness (QED) is 0.787. The van der Waals surface area contributed by atoms with Gasteiger partial charge in [-0.25, -0.2) is 0 Å². The number of hydrogen-bond donors (Lipinski definition) is 1. The standard InChI is InChI=1S/C9H15NO2S/c1-5(7(3)11)10-6(2)8(4)13-9(10)12/h5,7,11H,1-4H3. The lowest BCUT2D eigenvalue weighted by Crippen LogP contribution is -2.26. The molecular formula is C9H15NO2S. The third kappa shape index (κ3) is 1.84. The van der Waals surface area contributed by atoms with E-state index in [-0.39, 0.29) is 10.9 Å². The van der Waals surface area contributed by atoms with Crippen LogP contribution in [-0.4, -0.2) is 15.8 Å². The Labute approximate surface area is 81.6 Å². The molecule has 2 atom stereocenters. The first-order valence-corrected chi connectivity index (χ1v) is 5.13. The van der Waals surface area contributed by atoms with Crippen molar-refractivity contribution in [3.05, 3.63) is 20.2 Å². The Morgan fingerprint density at radius 1 is 1.38 bits per heavy atom. The molecule has 0 spiro atoms. The van der Waals surface area contributed by atoms with Crippen molar-refractivity contribution in [3.8, 4) is 0 Å². The Bertz CT molecular complexity index is 351. The van der Waals surface area contributed by atoms with E-state index in [4.69, 9.17) is 0 Å². The molecule has 1 N–H and O–H groups in total. The molecule has 0 fully saturated rings. The van der Waals surface area contributed by atoms with Crippen molar-refractivity contribution >= 4 is 11.3 Å².